The van der Waals surface area contributed by atoms with Crippen molar-refractivity contribution in [2.45, 2.75) is 6.54 Å². The molecule has 0 aliphatic heterocycles. The van der Waals surface area contributed by atoms with E-state index in [1.807, 2.05) is 30.3 Å². The molecule has 0 aliphatic carbocycles. The Morgan fingerprint density at radius 2 is 2.04 bits per heavy atom. The molecule has 2 heterocycles. The second kappa shape index (κ2) is 6.84. The van der Waals surface area contributed by atoms with Crippen molar-refractivity contribution in [3.63, 3.8) is 0 Å². The number of methoxy groups -OCH3 is 1. The molecule has 0 atom stereocenters. The van der Waals surface area contributed by atoms with E-state index in [1.165, 1.54) is 23.9 Å². The topological polar surface area (TPSA) is 89.9 Å². The summed E-state index contributed by atoms with van der Waals surface area (Å²) in [5, 5.41) is 13.5. The first-order valence-corrected chi connectivity index (χ1v) is 7.45. The van der Waals surface area contributed by atoms with Gasteiger partial charge < -0.3 is 9.30 Å². The largest absolute Gasteiger partial charge is 0.465 e. The molecule has 0 amide bonds. The summed E-state index contributed by atoms with van der Waals surface area (Å²) in [7, 11) is 1.24. The highest BCUT2D eigenvalue weighted by Gasteiger charge is 2.13. The van der Waals surface area contributed by atoms with Crippen LogP contribution in [0.15, 0.2) is 59.7 Å². The Morgan fingerprint density at radius 3 is 2.72 bits per heavy atom. The molecule has 0 unspecified atom stereocenters. The van der Waals surface area contributed by atoms with Crippen molar-refractivity contribution in [3.8, 4) is 11.8 Å². The number of rotatable bonds is 4. The lowest BCUT2D eigenvalue weighted by molar-refractivity contribution is 0.0599. The lowest BCUT2D eigenvalue weighted by atomic mass is 10.2. The molecule has 7 nitrogen and oxygen atoms in total. The molecule has 124 valence electrons. The Morgan fingerprint density at radius 1 is 1.28 bits per heavy atom. The van der Waals surface area contributed by atoms with Crippen LogP contribution in [0.1, 0.15) is 21.6 Å². The predicted molar refractivity (Wildman–Crippen MR) is 89.4 cm³/mol. The first-order valence-electron chi connectivity index (χ1n) is 7.45. The maximum atomic E-state index is 12.3. The third-order valence-electron chi connectivity index (χ3n) is 3.62. The Labute approximate surface area is 143 Å². The van der Waals surface area contributed by atoms with Gasteiger partial charge >= 0.3 is 5.97 Å². The predicted octanol–water partition coefficient (Wildman–Crippen LogP) is 1.74. The molecule has 0 bridgehead atoms. The van der Waals surface area contributed by atoms with Gasteiger partial charge in [0.05, 0.1) is 30.6 Å². The van der Waals surface area contributed by atoms with Crippen molar-refractivity contribution in [2.24, 2.45) is 0 Å². The number of nitriles is 1. The molecule has 0 radical (unpaired) electrons. The van der Waals surface area contributed by atoms with E-state index in [2.05, 4.69) is 9.84 Å². The van der Waals surface area contributed by atoms with Crippen molar-refractivity contribution >= 4 is 5.97 Å². The van der Waals surface area contributed by atoms with Gasteiger partial charge in [-0.2, -0.15) is 10.4 Å². The van der Waals surface area contributed by atoms with Crippen LogP contribution in [0.2, 0.25) is 0 Å². The fourth-order valence-electron chi connectivity index (χ4n) is 2.41. The first kappa shape index (κ1) is 16.2. The minimum atomic E-state index is -0.611. The van der Waals surface area contributed by atoms with Gasteiger partial charge in [0.1, 0.15) is 11.6 Å². The van der Waals surface area contributed by atoms with Crippen LogP contribution in [0, 0.1) is 11.3 Å². The number of carbonyl (C=O) groups excluding carboxylic acids is 1. The smallest absolute Gasteiger partial charge is 0.339 e. The molecule has 0 fully saturated rings. The van der Waals surface area contributed by atoms with Crippen LogP contribution in [0.5, 0.6) is 0 Å². The minimum Gasteiger partial charge on any atom is -0.465 e. The number of para-hydroxylation sites is 1. The Bertz CT molecular complexity index is 1010. The van der Waals surface area contributed by atoms with E-state index in [-0.39, 0.29) is 17.7 Å². The van der Waals surface area contributed by atoms with Gasteiger partial charge in [-0.3, -0.25) is 4.79 Å². The van der Waals surface area contributed by atoms with Gasteiger partial charge in [0.25, 0.3) is 5.56 Å². The SMILES string of the molecule is COC(=O)c1cc(C#N)c(=O)n(Cc2ccn(-c3ccccc3)n2)c1. The third kappa shape index (κ3) is 3.33. The Balaban J connectivity index is 1.96. The number of aromatic nitrogens is 3. The monoisotopic (exact) mass is 334 g/mol. The van der Waals surface area contributed by atoms with Gasteiger partial charge in [-0.15, -0.1) is 0 Å². The van der Waals surface area contributed by atoms with Crippen LogP contribution in [-0.4, -0.2) is 27.4 Å². The molecule has 0 aliphatic rings. The summed E-state index contributed by atoms with van der Waals surface area (Å²) >= 11 is 0. The van der Waals surface area contributed by atoms with E-state index in [4.69, 9.17) is 5.26 Å². The molecule has 1 aromatic carbocycles. The van der Waals surface area contributed by atoms with Gasteiger partial charge in [0, 0.05) is 12.4 Å². The van der Waals surface area contributed by atoms with Crippen molar-refractivity contribution in [1.82, 2.24) is 14.3 Å². The normalized spacial score (nSPS) is 10.2. The lowest BCUT2D eigenvalue weighted by Crippen LogP contribution is -2.24. The second-order valence-electron chi connectivity index (χ2n) is 5.27. The Kier molecular flexibility index (Phi) is 4.44. The fourth-order valence-corrected chi connectivity index (χ4v) is 2.41. The van der Waals surface area contributed by atoms with Crippen LogP contribution < -0.4 is 5.56 Å². The molecule has 0 spiro atoms. The molecule has 2 aromatic heterocycles. The van der Waals surface area contributed by atoms with Crippen LogP contribution in [-0.2, 0) is 11.3 Å². The standard InChI is InChI=1S/C18H14N4O3/c1-25-18(24)14-9-13(10-19)17(23)21(11-14)12-15-7-8-22(20-15)16-5-3-2-4-6-16/h2-9,11H,12H2,1H3. The first-order chi connectivity index (χ1) is 12.1. The molecule has 0 saturated carbocycles. The zero-order valence-corrected chi connectivity index (χ0v) is 13.4. The molecule has 25 heavy (non-hydrogen) atoms. The fraction of sp³-hybridized carbons (Fsp3) is 0.111. The average Bonchev–Trinajstić information content (AvgIpc) is 3.12. The Hall–Kier alpha value is -3.66. The minimum absolute atomic E-state index is 0.120. The summed E-state index contributed by atoms with van der Waals surface area (Å²) in [6.07, 6.45) is 3.15. The zero-order chi connectivity index (χ0) is 17.8. The highest BCUT2D eigenvalue weighted by molar-refractivity contribution is 5.89. The van der Waals surface area contributed by atoms with Crippen molar-refractivity contribution in [2.75, 3.05) is 7.11 Å². The van der Waals surface area contributed by atoms with Crippen LogP contribution in [0.25, 0.3) is 5.69 Å². The highest BCUT2D eigenvalue weighted by atomic mass is 16.5. The van der Waals surface area contributed by atoms with Gasteiger partial charge in [-0.1, -0.05) is 18.2 Å². The molecule has 0 N–H and O–H groups in total. The van der Waals surface area contributed by atoms with E-state index in [0.717, 1.165) is 5.69 Å². The summed E-state index contributed by atoms with van der Waals surface area (Å²) in [4.78, 5) is 24.0. The average molecular weight is 334 g/mol. The number of hydrogen-bond donors (Lipinski definition) is 0. The van der Waals surface area contributed by atoms with Crippen molar-refractivity contribution in [1.29, 1.82) is 5.26 Å². The summed E-state index contributed by atoms with van der Waals surface area (Å²) < 4.78 is 7.63. The van der Waals surface area contributed by atoms with Gasteiger partial charge in [-0.25, -0.2) is 9.48 Å². The summed E-state index contributed by atoms with van der Waals surface area (Å²) in [6, 6.07) is 14.3. The molecular formula is C18H14N4O3. The van der Waals surface area contributed by atoms with Gasteiger partial charge in [0.15, 0.2) is 0 Å². The van der Waals surface area contributed by atoms with E-state index in [0.29, 0.717) is 5.69 Å². The third-order valence-corrected chi connectivity index (χ3v) is 3.62. The number of benzene rings is 1. The van der Waals surface area contributed by atoms with Crippen LogP contribution in [0.4, 0.5) is 0 Å². The molecule has 3 rings (SSSR count). The van der Waals surface area contributed by atoms with Crippen molar-refractivity contribution in [3.05, 3.63) is 82.0 Å². The van der Waals surface area contributed by atoms with E-state index < -0.39 is 11.5 Å². The maximum Gasteiger partial charge on any atom is 0.339 e. The van der Waals surface area contributed by atoms with Gasteiger partial charge in [0.2, 0.25) is 0 Å². The molecular weight excluding hydrogens is 320 g/mol. The zero-order valence-electron chi connectivity index (χ0n) is 13.4. The molecule has 7 heteroatoms. The van der Waals surface area contributed by atoms with E-state index >= 15 is 0 Å². The number of ether oxygens (including phenoxy) is 1. The van der Waals surface area contributed by atoms with Crippen LogP contribution in [0.3, 0.4) is 0 Å². The second-order valence-corrected chi connectivity index (χ2v) is 5.27. The maximum absolute atomic E-state index is 12.3. The molecule has 0 saturated heterocycles. The number of carbonyl (C=O) groups is 1. The number of nitrogens with zero attached hydrogens (tertiary/aromatic N) is 4. The lowest BCUT2D eigenvalue weighted by Gasteiger charge is -2.07. The summed E-state index contributed by atoms with van der Waals surface area (Å²) in [5.74, 6) is -0.611. The number of hydrogen-bond acceptors (Lipinski definition) is 5. The quantitative estimate of drug-likeness (QED) is 0.678. The number of esters is 1. The number of pyridine rings is 1. The van der Waals surface area contributed by atoms with Crippen LogP contribution >= 0.6 is 0 Å². The summed E-state index contributed by atoms with van der Waals surface area (Å²) in [5.41, 5.74) is 1.05. The van der Waals surface area contributed by atoms with Gasteiger partial charge in [-0.05, 0) is 24.3 Å². The van der Waals surface area contributed by atoms with E-state index in [1.54, 1.807) is 23.0 Å². The van der Waals surface area contributed by atoms with E-state index in [9.17, 15) is 9.59 Å². The highest BCUT2D eigenvalue weighted by Crippen LogP contribution is 2.09. The molecule has 3 aromatic rings. The van der Waals surface area contributed by atoms with Crippen molar-refractivity contribution < 1.29 is 9.53 Å². The summed E-state index contributed by atoms with van der Waals surface area (Å²) in [6.45, 7) is 0.137.